The molecule has 1 aromatic carbocycles. The van der Waals surface area contributed by atoms with Crippen LogP contribution in [0.25, 0.3) is 0 Å². The summed E-state index contributed by atoms with van der Waals surface area (Å²) in [4.78, 5) is 11.2. The lowest BCUT2D eigenvalue weighted by molar-refractivity contribution is -0.118. The maximum absolute atomic E-state index is 11.8. The van der Waals surface area contributed by atoms with E-state index in [0.29, 0.717) is 11.1 Å². The molecule has 7 heteroatoms. The number of sulfone groups is 1. The van der Waals surface area contributed by atoms with Crippen molar-refractivity contribution < 1.29 is 13.2 Å². The summed E-state index contributed by atoms with van der Waals surface area (Å²) in [5.74, 6) is -1.34. The first-order valence-electron chi connectivity index (χ1n) is 5.14. The number of carbonyl (C=O) groups is 1. The van der Waals surface area contributed by atoms with Crippen LogP contribution in [0.5, 0.6) is 0 Å². The van der Waals surface area contributed by atoms with Gasteiger partial charge in [-0.25, -0.2) is 8.42 Å². The van der Waals surface area contributed by atoms with E-state index in [1.54, 1.807) is 24.3 Å². The molecule has 3 N–H and O–H groups in total. The summed E-state index contributed by atoms with van der Waals surface area (Å²) in [6, 6.07) is 6.72. The number of amides is 1. The van der Waals surface area contributed by atoms with E-state index < -0.39 is 21.5 Å². The van der Waals surface area contributed by atoms with Crippen LogP contribution in [-0.4, -0.2) is 32.1 Å². The van der Waals surface area contributed by atoms with E-state index in [2.05, 4.69) is 5.32 Å². The molecule has 0 saturated heterocycles. The fourth-order valence-electron chi connectivity index (χ4n) is 1.45. The van der Waals surface area contributed by atoms with E-state index in [1.807, 2.05) is 0 Å². The fraction of sp³-hybridized carbons (Fsp3) is 0.273. The highest BCUT2D eigenvalue weighted by molar-refractivity contribution is 7.91. The molecule has 0 fully saturated rings. The van der Waals surface area contributed by atoms with Crippen LogP contribution in [0.2, 0.25) is 0 Å². The van der Waals surface area contributed by atoms with Gasteiger partial charge >= 0.3 is 0 Å². The fourth-order valence-corrected chi connectivity index (χ4v) is 3.02. The molecule has 0 aliphatic rings. The Morgan fingerprint density at radius 1 is 1.39 bits per heavy atom. The van der Waals surface area contributed by atoms with E-state index in [9.17, 15) is 13.2 Å². The van der Waals surface area contributed by atoms with Crippen LogP contribution in [0, 0.1) is 0 Å². The maximum Gasteiger partial charge on any atom is 0.234 e. The molecule has 0 unspecified atom stereocenters. The summed E-state index contributed by atoms with van der Waals surface area (Å²) in [5, 5.41) is 2.28. The Morgan fingerprint density at radius 3 is 2.56 bits per heavy atom. The van der Waals surface area contributed by atoms with Crippen LogP contribution < -0.4 is 11.1 Å². The zero-order valence-electron chi connectivity index (χ0n) is 9.84. The third kappa shape index (κ3) is 4.08. The molecule has 1 aromatic rings. The van der Waals surface area contributed by atoms with Gasteiger partial charge < -0.3 is 11.1 Å². The number of nitrogens with two attached hydrogens (primary N) is 1. The van der Waals surface area contributed by atoms with Crippen LogP contribution in [0.4, 0.5) is 0 Å². The lowest BCUT2D eigenvalue weighted by Crippen LogP contribution is -2.28. The second-order valence-corrected chi connectivity index (χ2v) is 6.23. The van der Waals surface area contributed by atoms with E-state index in [0.717, 1.165) is 0 Å². The van der Waals surface area contributed by atoms with Gasteiger partial charge in [0.2, 0.25) is 5.91 Å². The summed E-state index contributed by atoms with van der Waals surface area (Å²) in [6.45, 7) is 0. The summed E-state index contributed by atoms with van der Waals surface area (Å²) in [6.07, 6.45) is 0. The Bertz CT molecular complexity index is 567. The molecule has 0 aromatic heterocycles. The second-order valence-electron chi connectivity index (χ2n) is 3.73. The number of carbonyl (C=O) groups excluding carboxylic acids is 1. The average molecular weight is 286 g/mol. The highest BCUT2D eigenvalue weighted by Gasteiger charge is 2.18. The lowest BCUT2D eigenvalue weighted by atomic mass is 10.1. The van der Waals surface area contributed by atoms with Crippen molar-refractivity contribution in [3.8, 4) is 0 Å². The molecule has 0 bridgehead atoms. The molecule has 0 heterocycles. The molecule has 98 valence electrons. The summed E-state index contributed by atoms with van der Waals surface area (Å²) >= 11 is 4.85. The molecule has 0 radical (unpaired) electrons. The van der Waals surface area contributed by atoms with Gasteiger partial charge in [-0.15, -0.1) is 0 Å². The Morgan fingerprint density at radius 2 is 2.00 bits per heavy atom. The minimum atomic E-state index is -3.53. The van der Waals surface area contributed by atoms with Crippen molar-refractivity contribution in [2.24, 2.45) is 5.73 Å². The number of rotatable bonds is 5. The van der Waals surface area contributed by atoms with Crippen LogP contribution in [0.1, 0.15) is 11.1 Å². The number of hydrogen-bond acceptors (Lipinski definition) is 4. The van der Waals surface area contributed by atoms with Crippen LogP contribution in [0.15, 0.2) is 24.3 Å². The lowest BCUT2D eigenvalue weighted by Gasteiger charge is -2.08. The van der Waals surface area contributed by atoms with Gasteiger partial charge in [0.25, 0.3) is 0 Å². The van der Waals surface area contributed by atoms with Gasteiger partial charge in [0.15, 0.2) is 9.84 Å². The zero-order chi connectivity index (χ0) is 13.8. The zero-order valence-corrected chi connectivity index (χ0v) is 11.5. The molecule has 0 aliphatic carbocycles. The normalized spacial score (nSPS) is 10.9. The van der Waals surface area contributed by atoms with Crippen molar-refractivity contribution >= 4 is 33.0 Å². The Balaban J connectivity index is 2.98. The molecule has 5 nitrogen and oxygen atoms in total. The quantitative estimate of drug-likeness (QED) is 0.743. The number of hydrogen-bond donors (Lipinski definition) is 2. The smallest absolute Gasteiger partial charge is 0.234 e. The van der Waals surface area contributed by atoms with E-state index >= 15 is 0 Å². The van der Waals surface area contributed by atoms with E-state index in [1.165, 1.54) is 7.05 Å². The Kier molecular flexibility index (Phi) is 4.80. The van der Waals surface area contributed by atoms with Crippen molar-refractivity contribution in [3.63, 3.8) is 0 Å². The standard InChI is InChI=1S/C11H14N2O3S2/c1-13-10(14)7-18(15,16)6-8-4-2-3-5-9(8)11(12)17/h2-5H,6-7H2,1H3,(H2,12,17)(H,13,14). The predicted octanol–water partition coefficient (Wildman–Crippen LogP) is -0.0184. The van der Waals surface area contributed by atoms with Crippen molar-refractivity contribution in [1.29, 1.82) is 0 Å². The molecule has 18 heavy (non-hydrogen) atoms. The second kappa shape index (κ2) is 5.92. The minimum absolute atomic E-state index is 0.140. The third-order valence-corrected chi connectivity index (χ3v) is 3.96. The molecule has 0 aliphatic heterocycles. The van der Waals surface area contributed by atoms with Crippen LogP contribution in [0.3, 0.4) is 0 Å². The summed E-state index contributed by atoms with van der Waals surface area (Å²) in [7, 11) is -2.14. The molecular formula is C11H14N2O3S2. The third-order valence-electron chi connectivity index (χ3n) is 2.29. The van der Waals surface area contributed by atoms with Crippen LogP contribution in [-0.2, 0) is 20.4 Å². The first-order chi connectivity index (χ1) is 8.35. The first-order valence-corrected chi connectivity index (χ1v) is 7.37. The molecule has 0 atom stereocenters. The number of nitrogens with one attached hydrogen (secondary N) is 1. The maximum atomic E-state index is 11.8. The van der Waals surface area contributed by atoms with E-state index in [4.69, 9.17) is 18.0 Å². The van der Waals surface area contributed by atoms with Gasteiger partial charge in [-0.1, -0.05) is 36.5 Å². The monoisotopic (exact) mass is 286 g/mol. The topological polar surface area (TPSA) is 89.3 Å². The van der Waals surface area contributed by atoms with Gasteiger partial charge in [0.1, 0.15) is 10.7 Å². The summed E-state index contributed by atoms with van der Waals surface area (Å²) < 4.78 is 23.6. The highest BCUT2D eigenvalue weighted by atomic mass is 32.2. The molecular weight excluding hydrogens is 272 g/mol. The van der Waals surface area contributed by atoms with Gasteiger partial charge in [0, 0.05) is 12.6 Å². The van der Waals surface area contributed by atoms with Gasteiger partial charge in [0.05, 0.1) is 5.75 Å². The molecule has 0 saturated carbocycles. The van der Waals surface area contributed by atoms with Crippen molar-refractivity contribution in [2.75, 3.05) is 12.8 Å². The van der Waals surface area contributed by atoms with Crippen molar-refractivity contribution in [3.05, 3.63) is 35.4 Å². The van der Waals surface area contributed by atoms with Gasteiger partial charge in [-0.3, -0.25) is 4.79 Å². The molecule has 0 spiro atoms. The highest BCUT2D eigenvalue weighted by Crippen LogP contribution is 2.13. The first kappa shape index (κ1) is 14.6. The minimum Gasteiger partial charge on any atom is -0.389 e. The van der Waals surface area contributed by atoms with Gasteiger partial charge in [-0.05, 0) is 5.56 Å². The van der Waals surface area contributed by atoms with Crippen molar-refractivity contribution in [1.82, 2.24) is 5.32 Å². The average Bonchev–Trinajstić information content (AvgIpc) is 2.28. The van der Waals surface area contributed by atoms with Gasteiger partial charge in [-0.2, -0.15) is 0 Å². The van der Waals surface area contributed by atoms with Crippen LogP contribution >= 0.6 is 12.2 Å². The Hall–Kier alpha value is -1.47. The number of benzene rings is 1. The summed E-state index contributed by atoms with van der Waals surface area (Å²) in [5.41, 5.74) is 6.55. The SMILES string of the molecule is CNC(=O)CS(=O)(=O)Cc1ccccc1C(N)=S. The van der Waals surface area contributed by atoms with Crippen molar-refractivity contribution in [2.45, 2.75) is 5.75 Å². The number of thiocarbonyl (C=S) groups is 1. The van der Waals surface area contributed by atoms with E-state index in [-0.39, 0.29) is 10.7 Å². The molecule has 1 rings (SSSR count). The molecule has 1 amide bonds. The predicted molar refractivity (Wildman–Crippen MR) is 73.9 cm³/mol. The largest absolute Gasteiger partial charge is 0.389 e. The Labute approximate surface area is 111 Å².